The van der Waals surface area contributed by atoms with Gasteiger partial charge in [-0.05, 0) is 63.8 Å². The van der Waals surface area contributed by atoms with E-state index in [0.717, 1.165) is 35.0 Å². The molecule has 2 unspecified atom stereocenters. The van der Waals surface area contributed by atoms with Crippen LogP contribution in [0.1, 0.15) is 42.0 Å². The maximum Gasteiger partial charge on any atom is 0.174 e. The van der Waals surface area contributed by atoms with E-state index in [1.807, 2.05) is 0 Å². The van der Waals surface area contributed by atoms with Gasteiger partial charge in [-0.15, -0.1) is 0 Å². The van der Waals surface area contributed by atoms with E-state index in [4.69, 9.17) is 9.47 Å². The van der Waals surface area contributed by atoms with Gasteiger partial charge >= 0.3 is 0 Å². The van der Waals surface area contributed by atoms with Gasteiger partial charge in [-0.2, -0.15) is 0 Å². The van der Waals surface area contributed by atoms with Crippen LogP contribution in [0.2, 0.25) is 0 Å². The van der Waals surface area contributed by atoms with Crippen LogP contribution < -0.4 is 9.47 Å². The summed E-state index contributed by atoms with van der Waals surface area (Å²) in [4.78, 5) is 0. The first kappa shape index (κ1) is 21.3. The number of benzene rings is 4. The zero-order chi connectivity index (χ0) is 24.3. The Morgan fingerprint density at radius 3 is 2.39 bits per heavy atom. The van der Waals surface area contributed by atoms with E-state index in [-0.39, 0.29) is 5.41 Å². The third kappa shape index (κ3) is 3.25. The number of hydrogen-bond donors (Lipinski definition) is 0. The Labute approximate surface area is 212 Å². The van der Waals surface area contributed by atoms with E-state index in [1.54, 1.807) is 0 Å². The summed E-state index contributed by atoms with van der Waals surface area (Å²) < 4.78 is 13.1. The first-order chi connectivity index (χ1) is 17.6. The Hall–Kier alpha value is -4.04. The topological polar surface area (TPSA) is 18.5 Å². The molecule has 3 aliphatic rings. The van der Waals surface area contributed by atoms with E-state index in [9.17, 15) is 0 Å². The first-order valence-corrected chi connectivity index (χ1v) is 12.7. The lowest BCUT2D eigenvalue weighted by atomic mass is 9.74. The monoisotopic (exact) mass is 468 g/mol. The Morgan fingerprint density at radius 2 is 1.50 bits per heavy atom. The van der Waals surface area contributed by atoms with Gasteiger partial charge in [-0.1, -0.05) is 105 Å². The van der Waals surface area contributed by atoms with Crippen molar-refractivity contribution < 1.29 is 9.47 Å². The molecule has 0 amide bonds. The number of fused-ring (bicyclic) bond motifs is 6. The third-order valence-electron chi connectivity index (χ3n) is 8.10. The van der Waals surface area contributed by atoms with Crippen molar-refractivity contribution in [3.8, 4) is 34.1 Å². The molecular formula is C34H28O2. The average molecular weight is 469 g/mol. The van der Waals surface area contributed by atoms with Crippen LogP contribution in [0.4, 0.5) is 0 Å². The van der Waals surface area contributed by atoms with Crippen LogP contribution in [-0.4, -0.2) is 0 Å². The lowest BCUT2D eigenvalue weighted by molar-refractivity contribution is 0.354. The van der Waals surface area contributed by atoms with Gasteiger partial charge in [0.2, 0.25) is 0 Å². The zero-order valence-electron chi connectivity index (χ0n) is 20.6. The van der Waals surface area contributed by atoms with Crippen LogP contribution in [0.3, 0.4) is 0 Å². The van der Waals surface area contributed by atoms with Crippen molar-refractivity contribution in [2.45, 2.75) is 31.6 Å². The van der Waals surface area contributed by atoms with Crippen LogP contribution in [0.5, 0.6) is 23.0 Å². The SMILES string of the molecule is CC1(C)c2ccc3c(c2C2C=CC=CC21)Oc1ccc(-c2ccccc2Cc2ccccc2)cc1O3. The van der Waals surface area contributed by atoms with Crippen LogP contribution in [0, 0.1) is 5.92 Å². The van der Waals surface area contributed by atoms with E-state index < -0.39 is 0 Å². The molecule has 2 nitrogen and oxygen atoms in total. The van der Waals surface area contributed by atoms with Crippen molar-refractivity contribution in [1.82, 2.24) is 0 Å². The van der Waals surface area contributed by atoms with Crippen LogP contribution in [0.15, 0.2) is 109 Å². The Bertz CT molecular complexity index is 1540. The molecule has 2 heteroatoms. The Kier molecular flexibility index (Phi) is 4.72. The molecule has 0 N–H and O–H groups in total. The lowest BCUT2D eigenvalue weighted by Gasteiger charge is -2.29. The summed E-state index contributed by atoms with van der Waals surface area (Å²) in [5.41, 5.74) is 7.62. The molecule has 0 saturated heterocycles. The highest BCUT2D eigenvalue weighted by molar-refractivity contribution is 5.73. The summed E-state index contributed by atoms with van der Waals surface area (Å²) in [5, 5.41) is 0. The van der Waals surface area contributed by atoms with E-state index >= 15 is 0 Å². The fraction of sp³-hybridized carbons (Fsp3) is 0.176. The highest BCUT2D eigenvalue weighted by Gasteiger charge is 2.47. The highest BCUT2D eigenvalue weighted by atomic mass is 16.6. The van der Waals surface area contributed by atoms with Crippen molar-refractivity contribution in [3.63, 3.8) is 0 Å². The summed E-state index contributed by atoms with van der Waals surface area (Å²) in [5.74, 6) is 3.95. The normalized spacial score (nSPS) is 19.9. The van der Waals surface area contributed by atoms with Crippen LogP contribution in [0.25, 0.3) is 11.1 Å². The average Bonchev–Trinajstić information content (AvgIpc) is 3.15. The quantitative estimate of drug-likeness (QED) is 0.263. The molecule has 1 aliphatic heterocycles. The predicted molar refractivity (Wildman–Crippen MR) is 145 cm³/mol. The second kappa shape index (κ2) is 7.99. The maximum atomic E-state index is 6.60. The Balaban J connectivity index is 1.26. The van der Waals surface area contributed by atoms with Gasteiger partial charge in [0.25, 0.3) is 0 Å². The van der Waals surface area contributed by atoms with E-state index in [2.05, 4.69) is 123 Å². The second-order valence-corrected chi connectivity index (χ2v) is 10.6. The largest absolute Gasteiger partial charge is 0.449 e. The summed E-state index contributed by atoms with van der Waals surface area (Å²) in [7, 11) is 0. The molecule has 0 saturated carbocycles. The fourth-order valence-corrected chi connectivity index (χ4v) is 6.25. The van der Waals surface area contributed by atoms with Gasteiger partial charge < -0.3 is 9.47 Å². The molecule has 176 valence electrons. The van der Waals surface area contributed by atoms with Crippen molar-refractivity contribution in [1.29, 1.82) is 0 Å². The molecule has 2 atom stereocenters. The third-order valence-corrected chi connectivity index (χ3v) is 8.10. The van der Waals surface area contributed by atoms with Gasteiger partial charge in [0.15, 0.2) is 23.0 Å². The number of rotatable bonds is 3. The van der Waals surface area contributed by atoms with Crippen molar-refractivity contribution in [3.05, 3.63) is 131 Å². The predicted octanol–water partition coefficient (Wildman–Crippen LogP) is 8.96. The molecule has 0 spiro atoms. The molecule has 0 bridgehead atoms. The summed E-state index contributed by atoms with van der Waals surface area (Å²) in [6, 6.07) is 29.9. The molecule has 4 aromatic carbocycles. The number of allylic oxidation sites excluding steroid dienone is 4. The summed E-state index contributed by atoms with van der Waals surface area (Å²) in [6.07, 6.45) is 9.87. The fourth-order valence-electron chi connectivity index (χ4n) is 6.25. The molecular weight excluding hydrogens is 440 g/mol. The number of hydrogen-bond acceptors (Lipinski definition) is 2. The van der Waals surface area contributed by atoms with Crippen LogP contribution in [-0.2, 0) is 11.8 Å². The van der Waals surface area contributed by atoms with Crippen molar-refractivity contribution in [2.75, 3.05) is 0 Å². The molecule has 0 aromatic heterocycles. The standard InChI is InChI=1S/C34H28O2/c1-34(2)27-15-9-8-14-26(27)32-28(34)17-19-30-33(32)36-29-18-16-24(21-31(29)35-30)25-13-7-6-12-23(25)20-22-10-4-3-5-11-22/h3-19,21,26-27H,20H2,1-2H3. The van der Waals surface area contributed by atoms with Gasteiger partial charge in [-0.3, -0.25) is 0 Å². The van der Waals surface area contributed by atoms with Gasteiger partial charge in [0.1, 0.15) is 0 Å². The first-order valence-electron chi connectivity index (χ1n) is 12.7. The Morgan fingerprint density at radius 1 is 0.722 bits per heavy atom. The van der Waals surface area contributed by atoms with Gasteiger partial charge in [-0.25, -0.2) is 0 Å². The smallest absolute Gasteiger partial charge is 0.174 e. The molecule has 7 rings (SSSR count). The minimum Gasteiger partial charge on any atom is -0.449 e. The maximum absolute atomic E-state index is 6.60. The van der Waals surface area contributed by atoms with E-state index in [1.165, 1.54) is 27.8 Å². The highest BCUT2D eigenvalue weighted by Crippen LogP contribution is 2.60. The molecule has 2 aliphatic carbocycles. The number of ether oxygens (including phenoxy) is 2. The van der Waals surface area contributed by atoms with E-state index in [0.29, 0.717) is 11.8 Å². The molecule has 1 heterocycles. The van der Waals surface area contributed by atoms with Crippen molar-refractivity contribution >= 4 is 0 Å². The van der Waals surface area contributed by atoms with Crippen molar-refractivity contribution in [2.24, 2.45) is 5.92 Å². The van der Waals surface area contributed by atoms with Gasteiger partial charge in [0, 0.05) is 11.5 Å². The minimum absolute atomic E-state index is 0.0479. The van der Waals surface area contributed by atoms with Gasteiger partial charge in [0.05, 0.1) is 0 Å². The lowest BCUT2D eigenvalue weighted by Crippen LogP contribution is -2.24. The minimum atomic E-state index is 0.0479. The van der Waals surface area contributed by atoms with Crippen LogP contribution >= 0.6 is 0 Å². The molecule has 36 heavy (non-hydrogen) atoms. The summed E-state index contributed by atoms with van der Waals surface area (Å²) in [6.45, 7) is 4.67. The zero-order valence-corrected chi connectivity index (χ0v) is 20.6. The second-order valence-electron chi connectivity index (χ2n) is 10.6. The molecule has 0 fully saturated rings. The summed E-state index contributed by atoms with van der Waals surface area (Å²) >= 11 is 0. The molecule has 0 radical (unpaired) electrons. The molecule has 4 aromatic rings.